The standard InChI is InChI=1S/C11H11NS.C6H5F3N2O2/c1-8-2-4-9(5-3-8)10-6-7-13-11(10)12;1-11-2-3(5(12)13)4(10-11)6(7,8)9/h2-7H,12H2,1H3;2H,1H3,(H,12,13). The highest BCUT2D eigenvalue weighted by Crippen LogP contribution is 2.31. The van der Waals surface area contributed by atoms with Gasteiger partial charge >= 0.3 is 12.1 Å². The van der Waals surface area contributed by atoms with E-state index in [1.807, 2.05) is 5.38 Å². The number of hydrogen-bond donors (Lipinski definition) is 2. The van der Waals surface area contributed by atoms with E-state index < -0.39 is 23.4 Å². The van der Waals surface area contributed by atoms with E-state index in [0.29, 0.717) is 0 Å². The summed E-state index contributed by atoms with van der Waals surface area (Å²) in [6.07, 6.45) is -3.92. The van der Waals surface area contributed by atoms with Crippen molar-refractivity contribution in [2.75, 3.05) is 5.73 Å². The second-order valence-corrected chi connectivity index (χ2v) is 6.38. The van der Waals surface area contributed by atoms with Crippen LogP contribution in [0.1, 0.15) is 21.6 Å². The number of nitrogen functional groups attached to an aromatic ring is 1. The van der Waals surface area contributed by atoms with Gasteiger partial charge in [0.25, 0.3) is 0 Å². The average molecular weight is 383 g/mol. The van der Waals surface area contributed by atoms with E-state index in [1.54, 1.807) is 11.3 Å². The van der Waals surface area contributed by atoms with Gasteiger partial charge in [-0.15, -0.1) is 11.3 Å². The summed E-state index contributed by atoms with van der Waals surface area (Å²) in [4.78, 5) is 10.3. The van der Waals surface area contributed by atoms with Crippen LogP contribution in [-0.4, -0.2) is 20.9 Å². The zero-order valence-electron chi connectivity index (χ0n) is 13.9. The molecule has 0 atom stereocenters. The number of halogens is 3. The van der Waals surface area contributed by atoms with Crippen molar-refractivity contribution in [3.8, 4) is 11.1 Å². The number of anilines is 1. The molecule has 5 nitrogen and oxygen atoms in total. The van der Waals surface area contributed by atoms with Crippen molar-refractivity contribution in [1.29, 1.82) is 0 Å². The van der Waals surface area contributed by atoms with Crippen LogP contribution in [-0.2, 0) is 13.2 Å². The van der Waals surface area contributed by atoms with E-state index in [1.165, 1.54) is 18.2 Å². The second-order valence-electron chi connectivity index (χ2n) is 5.43. The molecule has 3 aromatic rings. The first-order chi connectivity index (χ1) is 12.1. The summed E-state index contributed by atoms with van der Waals surface area (Å²) in [6, 6.07) is 10.5. The van der Waals surface area contributed by atoms with Crippen molar-refractivity contribution in [3.05, 3.63) is 58.7 Å². The van der Waals surface area contributed by atoms with E-state index >= 15 is 0 Å². The summed E-state index contributed by atoms with van der Waals surface area (Å²) < 4.78 is 37.1. The molecule has 0 fully saturated rings. The van der Waals surface area contributed by atoms with Crippen molar-refractivity contribution in [2.45, 2.75) is 13.1 Å². The Morgan fingerprint density at radius 1 is 1.23 bits per heavy atom. The molecule has 3 rings (SSSR count). The van der Waals surface area contributed by atoms with Crippen LogP contribution in [0.4, 0.5) is 18.2 Å². The van der Waals surface area contributed by atoms with Crippen molar-refractivity contribution in [2.24, 2.45) is 7.05 Å². The third-order valence-corrected chi connectivity index (χ3v) is 4.13. The zero-order chi connectivity index (χ0) is 19.5. The van der Waals surface area contributed by atoms with E-state index in [4.69, 9.17) is 10.8 Å². The Balaban J connectivity index is 0.000000187. The summed E-state index contributed by atoms with van der Waals surface area (Å²) in [6.45, 7) is 2.08. The van der Waals surface area contributed by atoms with Crippen molar-refractivity contribution in [3.63, 3.8) is 0 Å². The van der Waals surface area contributed by atoms with E-state index in [9.17, 15) is 18.0 Å². The Morgan fingerprint density at radius 2 is 1.85 bits per heavy atom. The van der Waals surface area contributed by atoms with Crippen molar-refractivity contribution in [1.82, 2.24) is 9.78 Å². The highest BCUT2D eigenvalue weighted by Gasteiger charge is 2.38. The Labute approximate surface area is 151 Å². The SMILES string of the molecule is Cc1ccc(-c2ccsc2N)cc1.Cn1cc(C(=O)O)c(C(F)(F)F)n1. The minimum Gasteiger partial charge on any atom is -0.478 e. The van der Waals surface area contributed by atoms with Crippen LogP contribution in [0.15, 0.2) is 41.9 Å². The molecule has 0 radical (unpaired) electrons. The van der Waals surface area contributed by atoms with Gasteiger partial charge in [0.2, 0.25) is 0 Å². The molecule has 0 saturated carbocycles. The summed E-state index contributed by atoms with van der Waals surface area (Å²) >= 11 is 1.58. The van der Waals surface area contributed by atoms with Gasteiger partial charge in [0, 0.05) is 18.8 Å². The Kier molecular flexibility index (Phi) is 5.71. The number of alkyl halides is 3. The molecule has 0 aliphatic heterocycles. The lowest BCUT2D eigenvalue weighted by atomic mass is 10.1. The Morgan fingerprint density at radius 3 is 2.27 bits per heavy atom. The fraction of sp³-hybridized carbons (Fsp3) is 0.176. The summed E-state index contributed by atoms with van der Waals surface area (Å²) in [5.74, 6) is -1.64. The molecule has 0 aliphatic carbocycles. The molecule has 0 unspecified atom stereocenters. The maximum absolute atomic E-state index is 12.1. The molecule has 2 heterocycles. The third kappa shape index (κ3) is 4.63. The summed E-state index contributed by atoms with van der Waals surface area (Å²) in [5, 5.41) is 14.3. The largest absolute Gasteiger partial charge is 0.478 e. The van der Waals surface area contributed by atoms with Gasteiger partial charge in [-0.2, -0.15) is 18.3 Å². The number of hydrogen-bond acceptors (Lipinski definition) is 4. The number of rotatable bonds is 2. The Hall–Kier alpha value is -2.81. The van der Waals surface area contributed by atoms with Crippen molar-refractivity contribution >= 4 is 22.3 Å². The van der Waals surface area contributed by atoms with Crippen LogP contribution in [0.2, 0.25) is 0 Å². The molecule has 26 heavy (non-hydrogen) atoms. The molecule has 0 saturated heterocycles. The number of aryl methyl sites for hydroxylation is 2. The van der Waals surface area contributed by atoms with Gasteiger partial charge in [0.05, 0.1) is 5.00 Å². The van der Waals surface area contributed by atoms with Gasteiger partial charge in [0.15, 0.2) is 5.69 Å². The number of nitrogens with two attached hydrogens (primary N) is 1. The van der Waals surface area contributed by atoms with Crippen LogP contribution < -0.4 is 5.73 Å². The number of carbonyl (C=O) groups is 1. The maximum atomic E-state index is 12.1. The highest BCUT2D eigenvalue weighted by atomic mass is 32.1. The fourth-order valence-electron chi connectivity index (χ4n) is 2.15. The van der Waals surface area contributed by atoms with Crippen LogP contribution in [0.25, 0.3) is 11.1 Å². The smallest absolute Gasteiger partial charge is 0.436 e. The highest BCUT2D eigenvalue weighted by molar-refractivity contribution is 7.14. The Bertz CT molecular complexity index is 899. The van der Waals surface area contributed by atoms with Gasteiger partial charge in [-0.1, -0.05) is 29.8 Å². The molecular formula is C17H16F3N3O2S. The number of benzene rings is 1. The molecule has 1 aromatic carbocycles. The fourth-order valence-corrected chi connectivity index (χ4v) is 2.81. The van der Waals surface area contributed by atoms with Crippen LogP contribution in [0, 0.1) is 6.92 Å². The van der Waals surface area contributed by atoms with Gasteiger partial charge < -0.3 is 10.8 Å². The first kappa shape index (κ1) is 19.5. The third-order valence-electron chi connectivity index (χ3n) is 3.39. The topological polar surface area (TPSA) is 81.1 Å². The predicted octanol–water partition coefficient (Wildman–Crippen LogP) is 4.44. The second kappa shape index (κ2) is 7.61. The molecule has 2 aromatic heterocycles. The molecule has 0 spiro atoms. The number of nitrogens with zero attached hydrogens (tertiary/aromatic N) is 2. The summed E-state index contributed by atoms with van der Waals surface area (Å²) in [7, 11) is 1.22. The lowest BCUT2D eigenvalue weighted by Crippen LogP contribution is -2.12. The monoisotopic (exact) mass is 383 g/mol. The minimum atomic E-state index is -4.73. The lowest BCUT2D eigenvalue weighted by Gasteiger charge is -2.02. The van der Waals surface area contributed by atoms with E-state index in [2.05, 4.69) is 42.4 Å². The van der Waals surface area contributed by atoms with Crippen LogP contribution in [0.3, 0.4) is 0 Å². The minimum absolute atomic E-state index is 0.811. The number of carboxylic acid groups (broad SMARTS) is 1. The van der Waals surface area contributed by atoms with Crippen molar-refractivity contribution < 1.29 is 23.1 Å². The molecule has 0 aliphatic rings. The quantitative estimate of drug-likeness (QED) is 0.685. The molecule has 0 amide bonds. The number of thiophene rings is 1. The first-order valence-corrected chi connectivity index (χ1v) is 8.21. The lowest BCUT2D eigenvalue weighted by molar-refractivity contribution is -0.141. The molecule has 138 valence electrons. The average Bonchev–Trinajstić information content (AvgIpc) is 3.14. The van der Waals surface area contributed by atoms with Crippen LogP contribution >= 0.6 is 11.3 Å². The number of aromatic nitrogens is 2. The summed E-state index contributed by atoms with van der Waals surface area (Å²) in [5.41, 5.74) is 7.24. The zero-order valence-corrected chi connectivity index (χ0v) is 14.7. The normalized spacial score (nSPS) is 11.0. The molecule has 9 heteroatoms. The molecule has 0 bridgehead atoms. The number of aromatic carboxylic acids is 1. The van der Waals surface area contributed by atoms with E-state index in [0.717, 1.165) is 21.4 Å². The van der Waals surface area contributed by atoms with Gasteiger partial charge in [0.1, 0.15) is 5.56 Å². The number of carboxylic acids is 1. The maximum Gasteiger partial charge on any atom is 0.436 e. The van der Waals surface area contributed by atoms with Crippen LogP contribution in [0.5, 0.6) is 0 Å². The first-order valence-electron chi connectivity index (χ1n) is 7.33. The van der Waals surface area contributed by atoms with Gasteiger partial charge in [-0.25, -0.2) is 4.79 Å². The van der Waals surface area contributed by atoms with E-state index in [-0.39, 0.29) is 0 Å². The predicted molar refractivity (Wildman–Crippen MR) is 94.1 cm³/mol. The molecular weight excluding hydrogens is 367 g/mol. The van der Waals surface area contributed by atoms with Gasteiger partial charge in [-0.05, 0) is 23.9 Å². The van der Waals surface area contributed by atoms with Gasteiger partial charge in [-0.3, -0.25) is 4.68 Å². The molecule has 3 N–H and O–H groups in total.